The van der Waals surface area contributed by atoms with Crippen LogP contribution in [-0.2, 0) is 57.2 Å². The highest BCUT2D eigenvalue weighted by Crippen LogP contribution is 2.25. The lowest BCUT2D eigenvalue weighted by molar-refractivity contribution is -0.146. The molecule has 6 atom stereocenters. The maximum Gasteiger partial charge on any atom is 0.305 e. The molecule has 0 heterocycles. The van der Waals surface area contributed by atoms with Crippen LogP contribution in [0.15, 0.2) is 18.2 Å². The largest absolute Gasteiger partial charge is 0.465 e. The van der Waals surface area contributed by atoms with Crippen LogP contribution in [0.25, 0.3) is 0 Å². The lowest BCUT2D eigenvalue weighted by Gasteiger charge is -2.23. The number of nitrogens with zero attached hydrogens (tertiary/aromatic N) is 3. The zero-order chi connectivity index (χ0) is 103. The molecular formula is C120H222N6O15. The van der Waals surface area contributed by atoms with Gasteiger partial charge < -0.3 is 59.1 Å². The van der Waals surface area contributed by atoms with Gasteiger partial charge in [0, 0.05) is 74.8 Å². The Hall–Kier alpha value is -5.67. The van der Waals surface area contributed by atoms with Crippen molar-refractivity contribution in [1.29, 1.82) is 0 Å². The molecule has 822 valence electrons. The van der Waals surface area contributed by atoms with Gasteiger partial charge in [-0.3, -0.25) is 43.2 Å². The van der Waals surface area contributed by atoms with E-state index >= 15 is 0 Å². The second-order valence-corrected chi connectivity index (χ2v) is 42.0. The van der Waals surface area contributed by atoms with Gasteiger partial charge in [0.15, 0.2) is 0 Å². The molecule has 0 aliphatic carbocycles. The Bertz CT molecular complexity index is 2660. The number of unbranched alkanes of at least 4 members (excludes halogenated alkanes) is 36. The van der Waals surface area contributed by atoms with Crippen LogP contribution in [0, 0.1) is 35.5 Å². The smallest absolute Gasteiger partial charge is 0.305 e. The zero-order valence-corrected chi connectivity index (χ0v) is 93.7. The predicted molar refractivity (Wildman–Crippen MR) is 586 cm³/mol. The molecule has 0 aromatic heterocycles. The van der Waals surface area contributed by atoms with Crippen molar-refractivity contribution in [2.75, 3.05) is 118 Å². The van der Waals surface area contributed by atoms with E-state index < -0.39 is 0 Å². The molecule has 1 aromatic rings. The minimum Gasteiger partial charge on any atom is -0.465 e. The Morgan fingerprint density at radius 2 is 0.340 bits per heavy atom. The minimum absolute atomic E-state index is 0.0731. The highest BCUT2D eigenvalue weighted by atomic mass is 16.6. The Kier molecular flexibility index (Phi) is 92.4. The molecule has 21 heteroatoms. The third-order valence-corrected chi connectivity index (χ3v) is 29.3. The Morgan fingerprint density at radius 1 is 0.199 bits per heavy atom. The molecule has 0 bridgehead atoms. The SMILES string of the molecule is CCCCC(CC)COC(=O)CCCCCCCCN(CCCCCCCCC(=O)OCC(CC)CCCC)CCCNC(=O)c1cc(C(=O)NCCCN(CCCCCCCCC(=O)OCC(CC)CCCC)CCCCCCCCC(=O)OCC(CC)CCCC)cc(C(=O)NCCCN(CCCCCCCCC(=O)OCC(CC)CCCC)CCCCCCCCC(=O)OCC(CC)CCCC)c1. The number of benzene rings is 1. The first-order chi connectivity index (χ1) is 68.8. The molecule has 0 aliphatic heterocycles. The number of esters is 6. The van der Waals surface area contributed by atoms with E-state index in [2.05, 4.69) is 114 Å². The summed E-state index contributed by atoms with van der Waals surface area (Å²) >= 11 is 0. The summed E-state index contributed by atoms with van der Waals surface area (Å²) in [7, 11) is 0. The number of amides is 3. The Morgan fingerprint density at radius 3 is 0.489 bits per heavy atom. The van der Waals surface area contributed by atoms with Crippen molar-refractivity contribution in [1.82, 2.24) is 30.7 Å². The van der Waals surface area contributed by atoms with E-state index in [1.165, 1.54) is 38.5 Å². The predicted octanol–water partition coefficient (Wildman–Crippen LogP) is 29.9. The summed E-state index contributed by atoms with van der Waals surface area (Å²) < 4.78 is 34.2. The fourth-order valence-electron chi connectivity index (χ4n) is 18.8. The van der Waals surface area contributed by atoms with E-state index in [1.54, 1.807) is 18.2 Å². The van der Waals surface area contributed by atoms with Crippen LogP contribution < -0.4 is 16.0 Å². The second-order valence-electron chi connectivity index (χ2n) is 42.0. The first kappa shape index (κ1) is 133. The van der Waals surface area contributed by atoms with Gasteiger partial charge in [0.25, 0.3) is 17.7 Å². The van der Waals surface area contributed by atoms with E-state index in [1.807, 2.05) is 0 Å². The lowest BCUT2D eigenvalue weighted by Crippen LogP contribution is -2.33. The first-order valence-corrected chi connectivity index (χ1v) is 59.9. The van der Waals surface area contributed by atoms with Gasteiger partial charge in [-0.2, -0.15) is 0 Å². The number of carbonyl (C=O) groups is 9. The molecule has 0 saturated carbocycles. The van der Waals surface area contributed by atoms with Crippen LogP contribution in [0.5, 0.6) is 0 Å². The average molecular weight is 1990 g/mol. The summed E-state index contributed by atoms with van der Waals surface area (Å²) in [4.78, 5) is 127. The number of carbonyl (C=O) groups excluding carboxylic acids is 9. The molecular weight excluding hydrogens is 1770 g/mol. The summed E-state index contributed by atoms with van der Waals surface area (Å²) in [6, 6.07) is 4.91. The van der Waals surface area contributed by atoms with Crippen LogP contribution in [0.1, 0.15) is 557 Å². The van der Waals surface area contributed by atoms with Gasteiger partial charge in [0.2, 0.25) is 0 Å². The van der Waals surface area contributed by atoms with Gasteiger partial charge in [0.05, 0.1) is 39.6 Å². The molecule has 0 fully saturated rings. The fraction of sp³-hybridized carbons (Fsp3) is 0.875. The molecule has 0 aliphatic rings. The van der Waals surface area contributed by atoms with E-state index in [4.69, 9.17) is 28.4 Å². The third-order valence-electron chi connectivity index (χ3n) is 29.3. The molecule has 1 aromatic carbocycles. The van der Waals surface area contributed by atoms with Gasteiger partial charge in [-0.25, -0.2) is 0 Å². The second kappa shape index (κ2) is 97.7. The molecule has 21 nitrogen and oxygen atoms in total. The summed E-state index contributed by atoms with van der Waals surface area (Å²) in [5.41, 5.74) is 0.789. The molecule has 0 radical (unpaired) electrons. The van der Waals surface area contributed by atoms with Crippen LogP contribution in [0.3, 0.4) is 0 Å². The topological polar surface area (TPSA) is 255 Å². The maximum atomic E-state index is 14.6. The molecule has 3 amide bonds. The Labute approximate surface area is 865 Å². The molecule has 0 spiro atoms. The fourth-order valence-corrected chi connectivity index (χ4v) is 18.8. The summed E-state index contributed by atoms with van der Waals surface area (Å²) in [5.74, 6) is 1.23. The maximum absolute atomic E-state index is 14.6. The van der Waals surface area contributed by atoms with Crippen molar-refractivity contribution >= 4 is 53.5 Å². The molecule has 1 rings (SSSR count). The number of ether oxygens (including phenoxy) is 6. The van der Waals surface area contributed by atoms with Crippen LogP contribution in [0.4, 0.5) is 0 Å². The monoisotopic (exact) mass is 1990 g/mol. The number of hydrogen-bond acceptors (Lipinski definition) is 18. The molecule has 0 saturated heterocycles. The van der Waals surface area contributed by atoms with E-state index in [9.17, 15) is 43.2 Å². The van der Waals surface area contributed by atoms with Gasteiger partial charge >= 0.3 is 35.8 Å². The highest BCUT2D eigenvalue weighted by molar-refractivity contribution is 6.04. The van der Waals surface area contributed by atoms with Gasteiger partial charge in [-0.1, -0.05) is 353 Å². The van der Waals surface area contributed by atoms with Crippen molar-refractivity contribution < 1.29 is 71.6 Å². The molecule has 6 unspecified atom stereocenters. The van der Waals surface area contributed by atoms with Gasteiger partial charge in [0.1, 0.15) is 0 Å². The van der Waals surface area contributed by atoms with Gasteiger partial charge in [-0.15, -0.1) is 0 Å². The van der Waals surface area contributed by atoms with Crippen LogP contribution in [-0.4, -0.2) is 186 Å². The summed E-state index contributed by atoms with van der Waals surface area (Å²) in [6.07, 6.45) is 69.1. The lowest BCUT2D eigenvalue weighted by atomic mass is 10.0. The van der Waals surface area contributed by atoms with Crippen LogP contribution in [0.2, 0.25) is 0 Å². The summed E-state index contributed by atoms with van der Waals surface area (Å²) in [6.45, 7) is 38.9. The summed E-state index contributed by atoms with van der Waals surface area (Å²) in [5, 5.41) is 9.61. The molecule has 3 N–H and O–H groups in total. The minimum atomic E-state index is -0.333. The van der Waals surface area contributed by atoms with E-state index in [0.29, 0.717) is 133 Å². The van der Waals surface area contributed by atoms with Crippen molar-refractivity contribution in [3.05, 3.63) is 34.9 Å². The third kappa shape index (κ3) is 80.1. The van der Waals surface area contributed by atoms with E-state index in [-0.39, 0.29) is 70.2 Å². The number of nitrogens with one attached hydrogen (secondary N) is 3. The number of rotatable bonds is 105. The van der Waals surface area contributed by atoms with Crippen molar-refractivity contribution in [3.8, 4) is 0 Å². The van der Waals surface area contributed by atoms with Crippen LogP contribution >= 0.6 is 0 Å². The zero-order valence-electron chi connectivity index (χ0n) is 93.7. The van der Waals surface area contributed by atoms with E-state index in [0.717, 1.165) is 425 Å². The Balaban J connectivity index is 3.50. The number of hydrogen-bond donors (Lipinski definition) is 3. The highest BCUT2D eigenvalue weighted by Gasteiger charge is 2.22. The quantitative estimate of drug-likeness (QED) is 0.0311. The van der Waals surface area contributed by atoms with Gasteiger partial charge in [-0.05, 0) is 247 Å². The van der Waals surface area contributed by atoms with Crippen molar-refractivity contribution in [2.24, 2.45) is 35.5 Å². The first-order valence-electron chi connectivity index (χ1n) is 59.9. The average Bonchev–Trinajstić information content (AvgIpc) is 0.824. The standard InChI is InChI=1S/C120H222N6O15/c1-13-25-70-103(19-7)97-136-112(127)76-55-43-31-37-49-61-85-124(86-62-50-38-32-44-56-77-113(128)137-98-104(20-8)71-26-14-2)91-67-82-121-118(133)109-94-110(119(134)122-83-68-92-125(87-63-51-39-33-45-57-78-114(129)138-99-105(21-9)72-27-15-3)88-64-52-40-34-46-58-79-115(130)139-100-106(22-10)73-28-16-4)96-111(95-109)120(135)123-84-69-93-126(89-65-53-41-35-47-59-80-116(131)140-101-107(23-11)74-29-17-5)90-66-54-42-36-48-60-81-117(132)141-102-108(24-12)75-30-18-6/h94-96,103-108H,13-93,97-102H2,1-12H3,(H,121,133)(H,122,134)(H,123,135). The van der Waals surface area contributed by atoms with Crippen molar-refractivity contribution in [3.63, 3.8) is 0 Å². The normalized spacial score (nSPS) is 12.9. The van der Waals surface area contributed by atoms with Crippen molar-refractivity contribution in [2.45, 2.75) is 526 Å². The molecule has 141 heavy (non-hydrogen) atoms.